The molecular formula is C10H14BrN5O2. The summed E-state index contributed by atoms with van der Waals surface area (Å²) in [7, 11) is 1.35. The van der Waals surface area contributed by atoms with Gasteiger partial charge in [0, 0.05) is 19.2 Å². The number of carbonyl (C=O) groups excluding carboxylic acids is 1. The Hall–Kier alpha value is -1.57. The second-order valence-electron chi connectivity index (χ2n) is 3.98. The number of nitrogen functional groups attached to an aromatic ring is 1. The summed E-state index contributed by atoms with van der Waals surface area (Å²) in [5.41, 5.74) is 5.67. The molecule has 0 aromatic carbocycles. The first kappa shape index (κ1) is 12.9. The Morgan fingerprint density at radius 1 is 1.67 bits per heavy atom. The molecule has 1 saturated heterocycles. The third-order valence-electron chi connectivity index (χ3n) is 2.68. The van der Waals surface area contributed by atoms with Crippen LogP contribution in [0.4, 0.5) is 16.6 Å². The quantitative estimate of drug-likeness (QED) is 0.782. The maximum Gasteiger partial charge on any atom is 0.407 e. The van der Waals surface area contributed by atoms with Crippen molar-refractivity contribution in [2.45, 2.75) is 12.5 Å². The van der Waals surface area contributed by atoms with Crippen molar-refractivity contribution in [3.63, 3.8) is 0 Å². The van der Waals surface area contributed by atoms with E-state index in [0.717, 1.165) is 13.0 Å². The molecule has 0 saturated carbocycles. The molecular weight excluding hydrogens is 302 g/mol. The Labute approximate surface area is 113 Å². The van der Waals surface area contributed by atoms with E-state index in [2.05, 4.69) is 36.0 Å². The van der Waals surface area contributed by atoms with E-state index in [9.17, 15) is 4.79 Å². The van der Waals surface area contributed by atoms with Crippen LogP contribution in [0.5, 0.6) is 0 Å². The van der Waals surface area contributed by atoms with Crippen LogP contribution in [0.3, 0.4) is 0 Å². The lowest BCUT2D eigenvalue weighted by Crippen LogP contribution is -2.37. The predicted molar refractivity (Wildman–Crippen MR) is 70.3 cm³/mol. The number of carbonyl (C=O) groups is 1. The fraction of sp³-hybridized carbons (Fsp3) is 0.500. The zero-order valence-electron chi connectivity index (χ0n) is 9.89. The number of nitrogens with one attached hydrogen (secondary N) is 1. The summed E-state index contributed by atoms with van der Waals surface area (Å²) in [5, 5.41) is 2.76. The smallest absolute Gasteiger partial charge is 0.407 e. The van der Waals surface area contributed by atoms with Gasteiger partial charge in [-0.2, -0.15) is 4.98 Å². The molecule has 0 aliphatic carbocycles. The van der Waals surface area contributed by atoms with Crippen LogP contribution in [0.25, 0.3) is 0 Å². The molecule has 2 rings (SSSR count). The van der Waals surface area contributed by atoms with E-state index in [-0.39, 0.29) is 6.04 Å². The minimum Gasteiger partial charge on any atom is -0.453 e. The van der Waals surface area contributed by atoms with Crippen molar-refractivity contribution in [3.05, 3.63) is 10.7 Å². The predicted octanol–water partition coefficient (Wildman–Crippen LogP) is 0.756. The molecule has 98 valence electrons. The van der Waals surface area contributed by atoms with Gasteiger partial charge in [0.05, 0.1) is 13.2 Å². The summed E-state index contributed by atoms with van der Waals surface area (Å²) in [6.45, 7) is 1.41. The van der Waals surface area contributed by atoms with E-state index in [1.54, 1.807) is 6.07 Å². The van der Waals surface area contributed by atoms with Crippen LogP contribution in [0.15, 0.2) is 10.7 Å². The van der Waals surface area contributed by atoms with Crippen molar-refractivity contribution in [2.75, 3.05) is 30.8 Å². The molecule has 3 N–H and O–H groups in total. The van der Waals surface area contributed by atoms with Crippen molar-refractivity contribution in [3.8, 4) is 0 Å². The van der Waals surface area contributed by atoms with Gasteiger partial charge < -0.3 is 20.7 Å². The van der Waals surface area contributed by atoms with E-state index in [4.69, 9.17) is 5.73 Å². The lowest BCUT2D eigenvalue weighted by molar-refractivity contribution is 0.167. The summed E-state index contributed by atoms with van der Waals surface area (Å²) in [6, 6.07) is 1.69. The average Bonchev–Trinajstić information content (AvgIpc) is 2.76. The largest absolute Gasteiger partial charge is 0.453 e. The molecule has 1 aromatic heterocycles. The fourth-order valence-corrected chi connectivity index (χ4v) is 2.24. The summed E-state index contributed by atoms with van der Waals surface area (Å²) in [4.78, 5) is 21.5. The highest BCUT2D eigenvalue weighted by atomic mass is 79.9. The molecule has 8 heteroatoms. The molecule has 1 aliphatic heterocycles. The molecule has 18 heavy (non-hydrogen) atoms. The Kier molecular flexibility index (Phi) is 3.85. The van der Waals surface area contributed by atoms with Crippen LogP contribution in [0, 0.1) is 0 Å². The van der Waals surface area contributed by atoms with Crippen LogP contribution in [0.2, 0.25) is 0 Å². The summed E-state index contributed by atoms with van der Waals surface area (Å²) in [6.07, 6.45) is 0.404. The number of hydrogen-bond acceptors (Lipinski definition) is 6. The van der Waals surface area contributed by atoms with Crippen LogP contribution in [0.1, 0.15) is 6.42 Å². The Balaban J connectivity index is 2.01. The van der Waals surface area contributed by atoms with E-state index in [1.165, 1.54) is 7.11 Å². The van der Waals surface area contributed by atoms with E-state index < -0.39 is 6.09 Å². The number of amides is 1. The second kappa shape index (κ2) is 5.38. The maximum atomic E-state index is 11.1. The molecule has 1 fully saturated rings. The molecule has 0 bridgehead atoms. The average molecular weight is 316 g/mol. The van der Waals surface area contributed by atoms with Crippen molar-refractivity contribution >= 4 is 33.8 Å². The standard InChI is InChI=1S/C10H14BrN5O2/c1-18-10(17)13-6-2-3-16(5-6)9-14-7(11)4-8(12)15-9/h4,6H,2-3,5H2,1H3,(H,13,17)(H2,12,14,15). The SMILES string of the molecule is COC(=O)NC1CCN(c2nc(N)cc(Br)n2)C1. The maximum absolute atomic E-state index is 11.1. The molecule has 1 unspecified atom stereocenters. The first-order chi connectivity index (χ1) is 8.58. The fourth-order valence-electron chi connectivity index (χ4n) is 1.85. The van der Waals surface area contributed by atoms with Crippen LogP contribution in [-0.2, 0) is 4.74 Å². The minimum absolute atomic E-state index is 0.0428. The number of halogens is 1. The molecule has 0 radical (unpaired) electrons. The third-order valence-corrected chi connectivity index (χ3v) is 3.09. The first-order valence-corrected chi connectivity index (χ1v) is 6.27. The molecule has 1 atom stereocenters. The number of alkyl carbamates (subject to hydrolysis) is 1. The number of hydrogen-bond donors (Lipinski definition) is 2. The summed E-state index contributed by atoms with van der Waals surface area (Å²) in [5.74, 6) is 0.979. The number of anilines is 2. The molecule has 1 aliphatic rings. The summed E-state index contributed by atoms with van der Waals surface area (Å²) >= 11 is 3.28. The van der Waals surface area contributed by atoms with Gasteiger partial charge in [0.2, 0.25) is 5.95 Å². The van der Waals surface area contributed by atoms with Gasteiger partial charge in [-0.05, 0) is 22.4 Å². The van der Waals surface area contributed by atoms with E-state index >= 15 is 0 Å². The zero-order chi connectivity index (χ0) is 13.1. The molecule has 2 heterocycles. The van der Waals surface area contributed by atoms with E-state index in [0.29, 0.717) is 22.9 Å². The molecule has 7 nitrogen and oxygen atoms in total. The monoisotopic (exact) mass is 315 g/mol. The highest BCUT2D eigenvalue weighted by Crippen LogP contribution is 2.20. The van der Waals surface area contributed by atoms with Gasteiger partial charge in [0.1, 0.15) is 10.4 Å². The van der Waals surface area contributed by atoms with Crippen molar-refractivity contribution < 1.29 is 9.53 Å². The molecule has 1 amide bonds. The van der Waals surface area contributed by atoms with Crippen molar-refractivity contribution in [1.82, 2.24) is 15.3 Å². The third kappa shape index (κ3) is 3.00. The van der Waals surface area contributed by atoms with Gasteiger partial charge >= 0.3 is 6.09 Å². The highest BCUT2D eigenvalue weighted by molar-refractivity contribution is 9.10. The van der Waals surface area contributed by atoms with Gasteiger partial charge in [-0.25, -0.2) is 9.78 Å². The second-order valence-corrected chi connectivity index (χ2v) is 4.80. The summed E-state index contributed by atoms with van der Waals surface area (Å²) < 4.78 is 5.21. The Bertz CT molecular complexity index is 436. The molecule has 0 spiro atoms. The number of rotatable bonds is 2. The first-order valence-electron chi connectivity index (χ1n) is 5.48. The van der Waals surface area contributed by atoms with Gasteiger partial charge in [-0.1, -0.05) is 0 Å². The zero-order valence-corrected chi connectivity index (χ0v) is 11.5. The van der Waals surface area contributed by atoms with Crippen LogP contribution >= 0.6 is 15.9 Å². The Morgan fingerprint density at radius 3 is 3.11 bits per heavy atom. The number of ether oxygens (including phenoxy) is 1. The lowest BCUT2D eigenvalue weighted by atomic mass is 10.3. The Morgan fingerprint density at radius 2 is 2.44 bits per heavy atom. The normalized spacial score (nSPS) is 18.8. The number of aromatic nitrogens is 2. The van der Waals surface area contributed by atoms with Crippen molar-refractivity contribution in [1.29, 1.82) is 0 Å². The number of nitrogens with two attached hydrogens (primary N) is 1. The van der Waals surface area contributed by atoms with Crippen molar-refractivity contribution in [2.24, 2.45) is 0 Å². The lowest BCUT2D eigenvalue weighted by Gasteiger charge is -2.17. The van der Waals surface area contributed by atoms with Gasteiger partial charge in [0.15, 0.2) is 0 Å². The van der Waals surface area contributed by atoms with Crippen LogP contribution in [-0.4, -0.2) is 42.3 Å². The van der Waals surface area contributed by atoms with Gasteiger partial charge in [-0.15, -0.1) is 0 Å². The minimum atomic E-state index is -0.420. The van der Waals surface area contributed by atoms with Gasteiger partial charge in [0.25, 0.3) is 0 Å². The molecule has 1 aromatic rings. The number of nitrogens with zero attached hydrogens (tertiary/aromatic N) is 3. The van der Waals surface area contributed by atoms with Gasteiger partial charge in [-0.3, -0.25) is 0 Å². The highest BCUT2D eigenvalue weighted by Gasteiger charge is 2.26. The van der Waals surface area contributed by atoms with E-state index in [1.807, 2.05) is 4.90 Å². The topological polar surface area (TPSA) is 93.4 Å². The number of methoxy groups -OCH3 is 1. The van der Waals surface area contributed by atoms with Crippen LogP contribution < -0.4 is 16.0 Å².